The van der Waals surface area contributed by atoms with Gasteiger partial charge in [-0.05, 0) is 30.4 Å². The zero-order chi connectivity index (χ0) is 22.8. The van der Waals surface area contributed by atoms with Gasteiger partial charge in [0.25, 0.3) is 0 Å². The van der Waals surface area contributed by atoms with Gasteiger partial charge < -0.3 is 20.5 Å². The van der Waals surface area contributed by atoms with Gasteiger partial charge in [-0.3, -0.25) is 4.79 Å². The molecule has 0 spiro atoms. The van der Waals surface area contributed by atoms with Gasteiger partial charge in [0.05, 0.1) is 0 Å². The van der Waals surface area contributed by atoms with Crippen molar-refractivity contribution >= 4 is 18.0 Å². The van der Waals surface area contributed by atoms with Crippen LogP contribution in [0.2, 0.25) is 0 Å². The van der Waals surface area contributed by atoms with Crippen LogP contribution < -0.4 is 10.6 Å². The van der Waals surface area contributed by atoms with Gasteiger partial charge in [0.1, 0.15) is 18.7 Å². The van der Waals surface area contributed by atoms with Gasteiger partial charge in [0.15, 0.2) is 0 Å². The minimum absolute atomic E-state index is 0.0772. The maximum atomic E-state index is 12.8. The Morgan fingerprint density at radius 1 is 0.903 bits per heavy atom. The summed E-state index contributed by atoms with van der Waals surface area (Å²) in [6.07, 6.45) is -0.229. The number of hydrogen-bond acceptors (Lipinski definition) is 4. The standard InChI is InChI=1S/C24H30N2O5/c1-16(2)13-20(26-24(30)31-15-19-7-5-4-6-8-19)22(27)25-21(23(28)29)14-18-11-9-17(3)10-12-18/h4-12,16,20-21H,13-15H2,1-3H3,(H,25,27)(H,26,30)(H,28,29)/t20-,21-/m0/s1. The summed E-state index contributed by atoms with van der Waals surface area (Å²) in [5.74, 6) is -1.58. The number of alkyl carbamates (subject to hydrolysis) is 1. The lowest BCUT2D eigenvalue weighted by Gasteiger charge is -2.22. The molecule has 0 aliphatic heterocycles. The zero-order valence-corrected chi connectivity index (χ0v) is 18.1. The number of benzene rings is 2. The third-order valence-electron chi connectivity index (χ3n) is 4.70. The van der Waals surface area contributed by atoms with Gasteiger partial charge in [-0.2, -0.15) is 0 Å². The van der Waals surface area contributed by atoms with E-state index in [4.69, 9.17) is 4.74 Å². The lowest BCUT2D eigenvalue weighted by Crippen LogP contribution is -2.52. The number of rotatable bonds is 10. The summed E-state index contributed by atoms with van der Waals surface area (Å²) in [5.41, 5.74) is 2.69. The van der Waals surface area contributed by atoms with Crippen molar-refractivity contribution in [2.75, 3.05) is 0 Å². The molecule has 0 aliphatic carbocycles. The van der Waals surface area contributed by atoms with Crippen molar-refractivity contribution in [2.45, 2.75) is 52.3 Å². The van der Waals surface area contributed by atoms with Crippen LogP contribution in [0.5, 0.6) is 0 Å². The number of aliphatic carboxylic acids is 1. The van der Waals surface area contributed by atoms with Crippen LogP contribution in [0.15, 0.2) is 54.6 Å². The summed E-state index contributed by atoms with van der Waals surface area (Å²) in [5, 5.41) is 14.7. The number of carbonyl (C=O) groups is 3. The van der Waals surface area contributed by atoms with Gasteiger partial charge in [-0.1, -0.05) is 74.0 Å². The second kappa shape index (κ2) is 11.7. The predicted octanol–water partition coefficient (Wildman–Crippen LogP) is 3.45. The molecule has 0 saturated heterocycles. The quantitative estimate of drug-likeness (QED) is 0.540. The van der Waals surface area contributed by atoms with Crippen LogP contribution >= 0.6 is 0 Å². The summed E-state index contributed by atoms with van der Waals surface area (Å²) in [7, 11) is 0. The van der Waals surface area contributed by atoms with Crippen LogP contribution in [-0.4, -0.2) is 35.2 Å². The van der Waals surface area contributed by atoms with Crippen molar-refractivity contribution in [2.24, 2.45) is 5.92 Å². The van der Waals surface area contributed by atoms with E-state index < -0.39 is 30.1 Å². The SMILES string of the molecule is Cc1ccc(C[C@H](NC(=O)[C@H](CC(C)C)NC(=O)OCc2ccccc2)C(=O)O)cc1. The Kier molecular flexibility index (Phi) is 9.06. The van der Waals surface area contributed by atoms with E-state index in [-0.39, 0.29) is 18.9 Å². The van der Waals surface area contributed by atoms with Crippen LogP contribution in [0.1, 0.15) is 37.0 Å². The average Bonchev–Trinajstić information content (AvgIpc) is 2.73. The first-order valence-electron chi connectivity index (χ1n) is 10.3. The molecule has 2 amide bonds. The number of carbonyl (C=O) groups excluding carboxylic acids is 2. The van der Waals surface area contributed by atoms with Crippen LogP contribution in [0, 0.1) is 12.8 Å². The molecule has 0 saturated carbocycles. The number of amides is 2. The Hall–Kier alpha value is -3.35. The summed E-state index contributed by atoms with van der Waals surface area (Å²) < 4.78 is 5.20. The molecule has 0 heterocycles. The highest BCUT2D eigenvalue weighted by Gasteiger charge is 2.27. The summed E-state index contributed by atoms with van der Waals surface area (Å²) >= 11 is 0. The van der Waals surface area contributed by atoms with Crippen molar-refractivity contribution in [1.82, 2.24) is 10.6 Å². The van der Waals surface area contributed by atoms with Crippen molar-refractivity contribution in [3.8, 4) is 0 Å². The summed E-state index contributed by atoms with van der Waals surface area (Å²) in [4.78, 5) is 36.7. The highest BCUT2D eigenvalue weighted by atomic mass is 16.5. The molecule has 3 N–H and O–H groups in total. The molecular weight excluding hydrogens is 396 g/mol. The molecule has 2 atom stereocenters. The van der Waals surface area contributed by atoms with E-state index in [1.54, 1.807) is 0 Å². The predicted molar refractivity (Wildman–Crippen MR) is 117 cm³/mol. The van der Waals surface area contributed by atoms with Crippen LogP contribution in [0.25, 0.3) is 0 Å². The lowest BCUT2D eigenvalue weighted by molar-refractivity contribution is -0.142. The van der Waals surface area contributed by atoms with Gasteiger partial charge in [0, 0.05) is 6.42 Å². The largest absolute Gasteiger partial charge is 0.480 e. The fraction of sp³-hybridized carbons (Fsp3) is 0.375. The lowest BCUT2D eigenvalue weighted by atomic mass is 10.0. The Bertz CT molecular complexity index is 865. The second-order valence-electron chi connectivity index (χ2n) is 7.98. The van der Waals surface area contributed by atoms with E-state index in [2.05, 4.69) is 10.6 Å². The number of aryl methyl sites for hydroxylation is 1. The maximum absolute atomic E-state index is 12.8. The van der Waals surface area contributed by atoms with Crippen molar-refractivity contribution in [3.05, 3.63) is 71.3 Å². The molecule has 7 nitrogen and oxygen atoms in total. The van der Waals surface area contributed by atoms with Gasteiger partial charge in [-0.15, -0.1) is 0 Å². The molecular formula is C24H30N2O5. The molecule has 7 heteroatoms. The monoisotopic (exact) mass is 426 g/mol. The van der Waals surface area contributed by atoms with E-state index in [0.29, 0.717) is 6.42 Å². The molecule has 0 radical (unpaired) electrons. The summed E-state index contributed by atoms with van der Waals surface area (Å²) in [6.45, 7) is 5.85. The van der Waals surface area contributed by atoms with Gasteiger partial charge in [-0.25, -0.2) is 9.59 Å². The Morgan fingerprint density at radius 3 is 2.13 bits per heavy atom. The first-order chi connectivity index (χ1) is 14.7. The Labute approximate surface area is 182 Å². The van der Waals surface area contributed by atoms with Crippen molar-refractivity contribution in [1.29, 1.82) is 0 Å². The van der Waals surface area contributed by atoms with E-state index in [1.807, 2.05) is 75.4 Å². The first kappa shape index (κ1) is 23.9. The second-order valence-corrected chi connectivity index (χ2v) is 7.98. The van der Waals surface area contributed by atoms with Crippen LogP contribution in [0.3, 0.4) is 0 Å². The fourth-order valence-corrected chi connectivity index (χ4v) is 3.04. The van der Waals surface area contributed by atoms with Crippen LogP contribution in [0.4, 0.5) is 4.79 Å². The van der Waals surface area contributed by atoms with E-state index in [9.17, 15) is 19.5 Å². The third kappa shape index (κ3) is 8.50. The Morgan fingerprint density at radius 2 is 1.55 bits per heavy atom. The topological polar surface area (TPSA) is 105 Å². The molecule has 0 unspecified atom stereocenters. The van der Waals surface area contributed by atoms with E-state index in [0.717, 1.165) is 16.7 Å². The number of hydrogen-bond donors (Lipinski definition) is 3. The fourth-order valence-electron chi connectivity index (χ4n) is 3.04. The first-order valence-corrected chi connectivity index (χ1v) is 10.3. The maximum Gasteiger partial charge on any atom is 0.408 e. The number of nitrogens with one attached hydrogen (secondary N) is 2. The van der Waals surface area contributed by atoms with Crippen LogP contribution in [-0.2, 0) is 27.4 Å². The number of ether oxygens (including phenoxy) is 1. The normalized spacial score (nSPS) is 12.6. The van der Waals surface area contributed by atoms with Crippen molar-refractivity contribution in [3.63, 3.8) is 0 Å². The molecule has 2 rings (SSSR count). The van der Waals surface area contributed by atoms with Gasteiger partial charge >= 0.3 is 12.1 Å². The molecule has 0 aliphatic rings. The van der Waals surface area contributed by atoms with E-state index in [1.165, 1.54) is 0 Å². The highest BCUT2D eigenvalue weighted by molar-refractivity contribution is 5.89. The molecule has 166 valence electrons. The van der Waals surface area contributed by atoms with E-state index >= 15 is 0 Å². The molecule has 0 bridgehead atoms. The zero-order valence-electron chi connectivity index (χ0n) is 18.1. The number of carboxylic acids is 1. The van der Waals surface area contributed by atoms with Crippen molar-refractivity contribution < 1.29 is 24.2 Å². The minimum atomic E-state index is -1.14. The summed E-state index contributed by atoms with van der Waals surface area (Å²) in [6, 6.07) is 14.6. The molecule has 0 fully saturated rings. The molecule has 31 heavy (non-hydrogen) atoms. The van der Waals surface area contributed by atoms with Gasteiger partial charge in [0.2, 0.25) is 5.91 Å². The number of carboxylic acid groups (broad SMARTS) is 1. The highest BCUT2D eigenvalue weighted by Crippen LogP contribution is 2.10. The third-order valence-corrected chi connectivity index (χ3v) is 4.70. The smallest absolute Gasteiger partial charge is 0.408 e. The molecule has 2 aromatic rings. The molecule has 2 aromatic carbocycles. The average molecular weight is 427 g/mol. The molecule has 0 aromatic heterocycles. The Balaban J connectivity index is 1.99. The minimum Gasteiger partial charge on any atom is -0.480 e.